The average molecular weight is 1010 g/mol. The van der Waals surface area contributed by atoms with E-state index >= 15 is 0 Å². The number of carboxylic acids is 1. The number of anilines is 1. The van der Waals surface area contributed by atoms with Crippen LogP contribution >= 0.6 is 11.6 Å². The number of carbonyl (C=O) groups excluding carboxylic acids is 1. The number of hydrogen-bond acceptors (Lipinski definition) is 17. The van der Waals surface area contributed by atoms with Crippen LogP contribution in [0.3, 0.4) is 0 Å². The Balaban J connectivity index is 0.00000256. The van der Waals surface area contributed by atoms with E-state index in [1.54, 1.807) is 40.8 Å². The molecule has 18 nitrogen and oxygen atoms in total. The van der Waals surface area contributed by atoms with Crippen molar-refractivity contribution in [3.05, 3.63) is 35.5 Å². The summed E-state index contributed by atoms with van der Waals surface area (Å²) in [6.07, 6.45) is -6.36. The molecule has 3 saturated heterocycles. The van der Waals surface area contributed by atoms with E-state index in [9.17, 15) is 30.3 Å². The highest BCUT2D eigenvalue weighted by Crippen LogP contribution is 2.40. The number of carbonyl (C=O) groups is 2. The SMILES string of the molecule is CC(=O)O.CC[C@H]1OC(=O)[C@H](C)[C@@H](O[C@H]2C[C@@](C)(OC)[C@@H](O)[C@H](C)O2)[C@H](C)[C@@H](O[C@@H]2O[C@H](C)C[C@H](N(C)C)[C@H]2O)[C@](C)(O)C[C@@H](C)CN(CCCNc2ccnc3cc(Cl)ccc23)[C@H](C)[C@@H](O)[C@]1(C)O. The molecule has 0 radical (unpaired) electrons. The Bertz CT molecular complexity index is 1980. The van der Waals surface area contributed by atoms with E-state index in [0.29, 0.717) is 37.5 Å². The lowest BCUT2D eigenvalue weighted by molar-refractivity contribution is -0.318. The molecule has 70 heavy (non-hydrogen) atoms. The summed E-state index contributed by atoms with van der Waals surface area (Å²) in [5, 5.41) is 72.6. The Labute approximate surface area is 420 Å². The molecule has 400 valence electrons. The lowest BCUT2D eigenvalue weighted by Gasteiger charge is -2.48. The van der Waals surface area contributed by atoms with Gasteiger partial charge in [-0.3, -0.25) is 19.5 Å². The zero-order chi connectivity index (χ0) is 52.6. The Kier molecular flexibility index (Phi) is 21.7. The van der Waals surface area contributed by atoms with Crippen molar-refractivity contribution in [2.45, 2.75) is 199 Å². The predicted molar refractivity (Wildman–Crippen MR) is 266 cm³/mol. The number of carboxylic acid groups (broad SMARTS) is 1. The summed E-state index contributed by atoms with van der Waals surface area (Å²) in [7, 11) is 5.29. The van der Waals surface area contributed by atoms with E-state index in [1.807, 2.05) is 71.0 Å². The summed E-state index contributed by atoms with van der Waals surface area (Å²) in [6.45, 7) is 20.3. The van der Waals surface area contributed by atoms with Crippen molar-refractivity contribution >= 4 is 40.1 Å². The third-order valence-corrected chi connectivity index (χ3v) is 14.9. The van der Waals surface area contributed by atoms with Crippen molar-refractivity contribution < 1.29 is 68.6 Å². The molecule has 1 aromatic carbocycles. The number of fused-ring (bicyclic) bond motifs is 1. The molecule has 3 fully saturated rings. The minimum absolute atomic E-state index is 0.112. The normalized spacial score (nSPS) is 39.6. The first-order valence-corrected chi connectivity index (χ1v) is 25.2. The van der Waals surface area contributed by atoms with E-state index in [2.05, 4.69) is 15.2 Å². The third-order valence-electron chi connectivity index (χ3n) is 14.7. The van der Waals surface area contributed by atoms with Crippen LogP contribution in [0.25, 0.3) is 10.9 Å². The molecular formula is C51H85ClN4O14. The van der Waals surface area contributed by atoms with Crippen LogP contribution in [0.1, 0.15) is 108 Å². The van der Waals surface area contributed by atoms with E-state index in [4.69, 9.17) is 49.9 Å². The van der Waals surface area contributed by atoms with Crippen LogP contribution in [0.5, 0.6) is 0 Å². The highest BCUT2D eigenvalue weighted by molar-refractivity contribution is 6.31. The van der Waals surface area contributed by atoms with Gasteiger partial charge in [0.1, 0.15) is 30.0 Å². The largest absolute Gasteiger partial charge is 0.481 e. The number of likely N-dealkylation sites (N-methyl/N-ethyl adjacent to an activating group) is 1. The topological polar surface area (TPSA) is 242 Å². The second kappa shape index (κ2) is 25.4. The van der Waals surface area contributed by atoms with Gasteiger partial charge in [0, 0.05) is 80.4 Å². The third kappa shape index (κ3) is 14.9. The van der Waals surface area contributed by atoms with Gasteiger partial charge in [-0.05, 0) is 118 Å². The minimum Gasteiger partial charge on any atom is -0.481 e. The van der Waals surface area contributed by atoms with Gasteiger partial charge in [-0.15, -0.1) is 0 Å². The summed E-state index contributed by atoms with van der Waals surface area (Å²) >= 11 is 6.24. The molecule has 0 aliphatic carbocycles. The number of benzene rings is 1. The van der Waals surface area contributed by atoms with Crippen LogP contribution in [0.15, 0.2) is 30.5 Å². The summed E-state index contributed by atoms with van der Waals surface area (Å²) in [4.78, 5) is 32.1. The molecule has 3 aliphatic heterocycles. The fourth-order valence-corrected chi connectivity index (χ4v) is 10.8. The van der Waals surface area contributed by atoms with Crippen LogP contribution in [-0.2, 0) is 38.0 Å². The van der Waals surface area contributed by atoms with Gasteiger partial charge in [-0.1, -0.05) is 32.4 Å². The van der Waals surface area contributed by atoms with Crippen molar-refractivity contribution in [3.63, 3.8) is 0 Å². The van der Waals surface area contributed by atoms with E-state index in [0.717, 1.165) is 23.5 Å². The van der Waals surface area contributed by atoms with Crippen molar-refractivity contribution in [2.75, 3.05) is 46.2 Å². The van der Waals surface area contributed by atoms with Crippen molar-refractivity contribution in [2.24, 2.45) is 17.8 Å². The van der Waals surface area contributed by atoms with Gasteiger partial charge >= 0.3 is 5.97 Å². The number of aliphatic hydroxyl groups excluding tert-OH is 3. The summed E-state index contributed by atoms with van der Waals surface area (Å²) in [5.74, 6) is -3.60. The fraction of sp³-hybridized carbons (Fsp3) is 0.784. The number of esters is 1. The molecule has 19 heteroatoms. The number of methoxy groups -OCH3 is 1. The first kappa shape index (κ1) is 59.7. The maximum atomic E-state index is 14.6. The van der Waals surface area contributed by atoms with Crippen LogP contribution in [0.4, 0.5) is 5.69 Å². The Morgan fingerprint density at radius 3 is 2.27 bits per heavy atom. The summed E-state index contributed by atoms with van der Waals surface area (Å²) < 4.78 is 38.2. The minimum atomic E-state index is -1.88. The zero-order valence-corrected chi connectivity index (χ0v) is 44.6. The first-order valence-electron chi connectivity index (χ1n) is 24.8. The van der Waals surface area contributed by atoms with Gasteiger partial charge in [0.05, 0.1) is 47.1 Å². The Hall–Kier alpha value is -2.82. The molecule has 2 aromatic rings. The highest BCUT2D eigenvalue weighted by Gasteiger charge is 2.53. The summed E-state index contributed by atoms with van der Waals surface area (Å²) in [5.41, 5.74) is -2.88. The molecule has 0 unspecified atom stereocenters. The molecule has 0 amide bonds. The highest BCUT2D eigenvalue weighted by atomic mass is 35.5. The predicted octanol–water partition coefficient (Wildman–Crippen LogP) is 5.07. The Morgan fingerprint density at radius 2 is 1.66 bits per heavy atom. The summed E-state index contributed by atoms with van der Waals surface area (Å²) in [6, 6.07) is 6.57. The van der Waals surface area contributed by atoms with E-state index < -0.39 is 102 Å². The number of halogens is 1. The molecule has 4 heterocycles. The quantitative estimate of drug-likeness (QED) is 0.109. The van der Waals surface area contributed by atoms with Crippen LogP contribution in [0, 0.1) is 17.8 Å². The monoisotopic (exact) mass is 1010 g/mol. The van der Waals surface area contributed by atoms with Gasteiger partial charge in [0.2, 0.25) is 0 Å². The second-order valence-electron chi connectivity index (χ2n) is 21.0. The first-order chi connectivity index (χ1) is 32.6. The molecule has 3 aliphatic rings. The standard InChI is InChI=1S/C49H81ClN4O12.C2H4O2/c1-14-38-49(10,60)42(56)31(6)54(21-15-19-51-35-18-20-52-36-23-33(50)16-17-34(35)36)26-27(2)24-47(8,59)44(66-46-40(55)37(53(11)12)22-28(3)62-46)29(4)41(30(5)45(58)64-38)65-39-25-48(9,61-13)43(57)32(7)63-39;1-2(3)4/h16-18,20,23,27-32,37-44,46,55-57,59-60H,14-15,19,21-22,24-26H2,1-13H3,(H,51,52);1H3,(H,3,4)/t27-,28-,29+,30-,31-,32+,37+,38-,39+,40-,41+,42-,43+,44-,46+,47-,48-,49-;/m1./s1. The number of nitrogens with zero attached hydrogens (tertiary/aromatic N) is 3. The molecular weight excluding hydrogens is 928 g/mol. The molecule has 0 saturated carbocycles. The van der Waals surface area contributed by atoms with Crippen LogP contribution in [0.2, 0.25) is 5.02 Å². The van der Waals surface area contributed by atoms with Gasteiger partial charge < -0.3 is 69.3 Å². The number of pyridine rings is 1. The molecule has 18 atom stereocenters. The Morgan fingerprint density at radius 1 is 1.00 bits per heavy atom. The van der Waals surface area contributed by atoms with Crippen molar-refractivity contribution in [3.8, 4) is 0 Å². The molecule has 1 aromatic heterocycles. The fourth-order valence-electron chi connectivity index (χ4n) is 10.7. The van der Waals surface area contributed by atoms with Gasteiger partial charge in [-0.2, -0.15) is 0 Å². The molecule has 0 bridgehead atoms. The lowest BCUT2D eigenvalue weighted by atomic mass is 9.77. The van der Waals surface area contributed by atoms with Gasteiger partial charge in [0.15, 0.2) is 12.6 Å². The van der Waals surface area contributed by atoms with Crippen molar-refractivity contribution in [1.29, 1.82) is 0 Å². The van der Waals surface area contributed by atoms with Crippen LogP contribution < -0.4 is 5.32 Å². The maximum Gasteiger partial charge on any atom is 0.311 e. The maximum absolute atomic E-state index is 14.6. The van der Waals surface area contributed by atoms with Gasteiger partial charge in [-0.25, -0.2) is 0 Å². The smallest absolute Gasteiger partial charge is 0.311 e. The van der Waals surface area contributed by atoms with Crippen molar-refractivity contribution in [1.82, 2.24) is 14.8 Å². The molecule has 5 rings (SSSR count). The number of aromatic nitrogens is 1. The molecule has 0 spiro atoms. The zero-order valence-electron chi connectivity index (χ0n) is 43.9. The number of ether oxygens (including phenoxy) is 6. The number of cyclic esters (lactones) is 1. The van der Waals surface area contributed by atoms with E-state index in [-0.39, 0.29) is 37.3 Å². The number of nitrogens with one attached hydrogen (secondary N) is 1. The van der Waals surface area contributed by atoms with Crippen LogP contribution in [-0.4, -0.2) is 188 Å². The second-order valence-corrected chi connectivity index (χ2v) is 21.5. The number of rotatable bonds is 12. The van der Waals surface area contributed by atoms with E-state index in [1.165, 1.54) is 14.0 Å². The average Bonchev–Trinajstić information content (AvgIpc) is 3.28. The molecule has 7 N–H and O–H groups in total. The number of hydrogen-bond donors (Lipinski definition) is 7. The van der Waals surface area contributed by atoms with Gasteiger partial charge in [0.25, 0.3) is 5.97 Å². The number of aliphatic hydroxyl groups is 5. The lowest BCUT2D eigenvalue weighted by Crippen LogP contribution is -2.60. The number of aliphatic carboxylic acids is 1.